The average Bonchev–Trinajstić information content (AvgIpc) is 3.09. The largest absolute Gasteiger partial charge is 0.348 e. The number of hydrogen-bond acceptors (Lipinski definition) is 4. The minimum Gasteiger partial charge on any atom is -0.348 e. The zero-order valence-electron chi connectivity index (χ0n) is 14.4. The zero-order chi connectivity index (χ0) is 17.0. The molecule has 126 valence electrons. The van der Waals surface area contributed by atoms with E-state index in [0.29, 0.717) is 11.7 Å². The van der Waals surface area contributed by atoms with Crippen molar-refractivity contribution in [3.05, 3.63) is 33.8 Å². The van der Waals surface area contributed by atoms with Crippen LogP contribution in [-0.4, -0.2) is 21.2 Å². The SMILES string of the molecule is Cc1nc(SCC(=O)NC(C)c2cccs2)n(CC(C)C)c1C. The molecule has 2 aromatic rings. The Hall–Kier alpha value is -1.27. The van der Waals surface area contributed by atoms with E-state index in [9.17, 15) is 4.79 Å². The second-order valence-corrected chi connectivity index (χ2v) is 8.08. The molecule has 0 fully saturated rings. The summed E-state index contributed by atoms with van der Waals surface area (Å²) in [6, 6.07) is 4.11. The van der Waals surface area contributed by atoms with Gasteiger partial charge in [0.15, 0.2) is 5.16 Å². The third-order valence-corrected chi connectivity index (χ3v) is 5.68. The average molecular weight is 352 g/mol. The molecule has 1 unspecified atom stereocenters. The third-order valence-electron chi connectivity index (χ3n) is 3.65. The molecule has 4 nitrogen and oxygen atoms in total. The van der Waals surface area contributed by atoms with Gasteiger partial charge in [-0.3, -0.25) is 4.79 Å². The highest BCUT2D eigenvalue weighted by molar-refractivity contribution is 7.99. The predicted octanol–water partition coefficient (Wildman–Crippen LogP) is 4.19. The van der Waals surface area contributed by atoms with Gasteiger partial charge in [-0.25, -0.2) is 4.98 Å². The Kier molecular flexibility index (Phi) is 6.30. The van der Waals surface area contributed by atoms with Crippen LogP contribution in [0.5, 0.6) is 0 Å². The van der Waals surface area contributed by atoms with E-state index < -0.39 is 0 Å². The quantitative estimate of drug-likeness (QED) is 0.761. The summed E-state index contributed by atoms with van der Waals surface area (Å²) in [5, 5.41) is 6.01. The molecular weight excluding hydrogens is 326 g/mol. The fourth-order valence-electron chi connectivity index (χ4n) is 2.34. The normalized spacial score (nSPS) is 12.6. The van der Waals surface area contributed by atoms with Crippen molar-refractivity contribution in [3.8, 4) is 0 Å². The standard InChI is InChI=1S/C17H25N3OS2/c1-11(2)9-20-14(5)12(3)19-17(20)23-10-16(21)18-13(4)15-7-6-8-22-15/h6-8,11,13H,9-10H2,1-5H3,(H,18,21). The van der Waals surface area contributed by atoms with Crippen LogP contribution in [0.3, 0.4) is 0 Å². The minimum atomic E-state index is 0.0466. The van der Waals surface area contributed by atoms with Gasteiger partial charge in [-0.2, -0.15) is 0 Å². The van der Waals surface area contributed by atoms with E-state index in [1.165, 1.54) is 22.3 Å². The maximum absolute atomic E-state index is 12.2. The van der Waals surface area contributed by atoms with Crippen LogP contribution < -0.4 is 5.32 Å². The van der Waals surface area contributed by atoms with Gasteiger partial charge >= 0.3 is 0 Å². The van der Waals surface area contributed by atoms with E-state index in [0.717, 1.165) is 17.4 Å². The minimum absolute atomic E-state index is 0.0466. The van der Waals surface area contributed by atoms with Gasteiger partial charge in [0, 0.05) is 17.1 Å². The maximum Gasteiger partial charge on any atom is 0.230 e. The Bertz CT molecular complexity index is 647. The number of aryl methyl sites for hydroxylation is 1. The summed E-state index contributed by atoms with van der Waals surface area (Å²) in [6.07, 6.45) is 0. The monoisotopic (exact) mass is 351 g/mol. The fourth-order valence-corrected chi connectivity index (χ4v) is 3.98. The van der Waals surface area contributed by atoms with Crippen LogP contribution in [0.1, 0.15) is 43.1 Å². The molecule has 0 aliphatic heterocycles. The van der Waals surface area contributed by atoms with Gasteiger partial charge in [0.2, 0.25) is 5.91 Å². The van der Waals surface area contributed by atoms with Crippen molar-refractivity contribution in [1.29, 1.82) is 0 Å². The van der Waals surface area contributed by atoms with Crippen molar-refractivity contribution in [3.63, 3.8) is 0 Å². The van der Waals surface area contributed by atoms with Crippen molar-refractivity contribution in [2.24, 2.45) is 5.92 Å². The molecule has 2 heterocycles. The molecule has 1 atom stereocenters. The van der Waals surface area contributed by atoms with Crippen LogP contribution in [0.4, 0.5) is 0 Å². The second kappa shape index (κ2) is 8.02. The van der Waals surface area contributed by atoms with Gasteiger partial charge in [0.25, 0.3) is 0 Å². The first-order valence-electron chi connectivity index (χ1n) is 7.87. The molecule has 0 saturated heterocycles. The molecule has 0 spiro atoms. The highest BCUT2D eigenvalue weighted by Gasteiger charge is 2.15. The van der Waals surface area contributed by atoms with Crippen molar-refractivity contribution < 1.29 is 4.79 Å². The second-order valence-electron chi connectivity index (χ2n) is 6.16. The molecule has 0 bridgehead atoms. The van der Waals surface area contributed by atoms with Gasteiger partial charge in [0.05, 0.1) is 17.5 Å². The lowest BCUT2D eigenvalue weighted by Gasteiger charge is -2.14. The highest BCUT2D eigenvalue weighted by Crippen LogP contribution is 2.23. The topological polar surface area (TPSA) is 46.9 Å². The number of nitrogens with zero attached hydrogens (tertiary/aromatic N) is 2. The Balaban J connectivity index is 1.95. The molecule has 1 N–H and O–H groups in total. The van der Waals surface area contributed by atoms with Crippen molar-refractivity contribution in [1.82, 2.24) is 14.9 Å². The summed E-state index contributed by atoms with van der Waals surface area (Å²) >= 11 is 3.18. The Morgan fingerprint density at radius 3 is 2.74 bits per heavy atom. The molecule has 0 aliphatic carbocycles. The number of hydrogen-bond donors (Lipinski definition) is 1. The van der Waals surface area contributed by atoms with Crippen molar-refractivity contribution in [2.75, 3.05) is 5.75 Å². The van der Waals surface area contributed by atoms with Gasteiger partial charge in [-0.05, 0) is 38.1 Å². The first kappa shape index (κ1) is 18.1. The summed E-state index contributed by atoms with van der Waals surface area (Å²) in [5.74, 6) is 0.989. The Morgan fingerprint density at radius 2 is 2.13 bits per heavy atom. The van der Waals surface area contributed by atoms with E-state index in [4.69, 9.17) is 0 Å². The Labute approximate surface area is 146 Å². The van der Waals surface area contributed by atoms with Crippen LogP contribution in [0.2, 0.25) is 0 Å². The zero-order valence-corrected chi connectivity index (χ0v) is 16.1. The number of carbonyl (C=O) groups is 1. The van der Waals surface area contributed by atoms with Crippen LogP contribution >= 0.6 is 23.1 Å². The van der Waals surface area contributed by atoms with Crippen molar-refractivity contribution in [2.45, 2.75) is 52.4 Å². The molecule has 23 heavy (non-hydrogen) atoms. The summed E-state index contributed by atoms with van der Waals surface area (Å²) in [6.45, 7) is 11.4. The number of thioether (sulfide) groups is 1. The van der Waals surface area contributed by atoms with Gasteiger partial charge in [-0.1, -0.05) is 31.7 Å². The number of carbonyl (C=O) groups excluding carboxylic acids is 1. The molecule has 6 heteroatoms. The van der Waals surface area contributed by atoms with Gasteiger partial charge in [-0.15, -0.1) is 11.3 Å². The molecule has 0 radical (unpaired) electrons. The number of imidazole rings is 1. The van der Waals surface area contributed by atoms with E-state index in [-0.39, 0.29) is 11.9 Å². The number of amides is 1. The molecule has 0 aliphatic rings. The van der Waals surface area contributed by atoms with Gasteiger partial charge < -0.3 is 9.88 Å². The molecule has 1 amide bonds. The first-order valence-corrected chi connectivity index (χ1v) is 9.74. The number of aromatic nitrogens is 2. The number of thiophene rings is 1. The van der Waals surface area contributed by atoms with Crippen molar-refractivity contribution >= 4 is 29.0 Å². The van der Waals surface area contributed by atoms with Crippen LogP contribution in [-0.2, 0) is 11.3 Å². The Morgan fingerprint density at radius 1 is 1.39 bits per heavy atom. The first-order chi connectivity index (χ1) is 10.9. The molecular formula is C17H25N3OS2. The van der Waals surface area contributed by atoms with E-state index in [2.05, 4.69) is 35.6 Å². The third kappa shape index (κ3) is 4.85. The molecule has 2 rings (SSSR count). The lowest BCUT2D eigenvalue weighted by atomic mass is 10.2. The lowest BCUT2D eigenvalue weighted by molar-refractivity contribution is -0.119. The van der Waals surface area contributed by atoms with E-state index in [1.807, 2.05) is 31.4 Å². The molecule has 0 saturated carbocycles. The number of rotatable bonds is 7. The molecule has 0 aromatic carbocycles. The lowest BCUT2D eigenvalue weighted by Crippen LogP contribution is -2.27. The smallest absolute Gasteiger partial charge is 0.230 e. The molecule has 2 aromatic heterocycles. The summed E-state index contributed by atoms with van der Waals surface area (Å²) in [4.78, 5) is 18.0. The van der Waals surface area contributed by atoms with E-state index in [1.54, 1.807) is 11.3 Å². The summed E-state index contributed by atoms with van der Waals surface area (Å²) < 4.78 is 2.22. The summed E-state index contributed by atoms with van der Waals surface area (Å²) in [5.41, 5.74) is 2.23. The predicted molar refractivity (Wildman–Crippen MR) is 98.1 cm³/mol. The van der Waals surface area contributed by atoms with Gasteiger partial charge in [0.1, 0.15) is 0 Å². The summed E-state index contributed by atoms with van der Waals surface area (Å²) in [7, 11) is 0. The van der Waals surface area contributed by atoms with Crippen LogP contribution in [0.15, 0.2) is 22.7 Å². The number of nitrogens with one attached hydrogen (secondary N) is 1. The highest BCUT2D eigenvalue weighted by atomic mass is 32.2. The van der Waals surface area contributed by atoms with Crippen LogP contribution in [0, 0.1) is 19.8 Å². The fraction of sp³-hybridized carbons (Fsp3) is 0.529. The maximum atomic E-state index is 12.2. The van der Waals surface area contributed by atoms with Crippen LogP contribution in [0.25, 0.3) is 0 Å². The van der Waals surface area contributed by atoms with E-state index >= 15 is 0 Å².